The molecule has 1 aromatic carbocycles. The Balaban J connectivity index is 2.22. The van der Waals surface area contributed by atoms with Crippen LogP contribution < -0.4 is 5.32 Å². The van der Waals surface area contributed by atoms with Gasteiger partial charge in [-0.25, -0.2) is 9.97 Å². The molecular formula is C16H15F3N4O3S. The molecule has 0 aliphatic heterocycles. The van der Waals surface area contributed by atoms with Gasteiger partial charge in [-0.3, -0.25) is 14.9 Å². The Hall–Kier alpha value is -2.69. The molecule has 0 bridgehead atoms. The molecule has 11 heteroatoms. The van der Waals surface area contributed by atoms with E-state index in [0.717, 1.165) is 23.9 Å². The molecule has 0 saturated carbocycles. The number of aryl methyl sites for hydroxylation is 2. The highest BCUT2D eigenvalue weighted by molar-refractivity contribution is 8.00. The van der Waals surface area contributed by atoms with Crippen molar-refractivity contribution in [1.82, 2.24) is 9.97 Å². The number of thioether (sulfide) groups is 1. The van der Waals surface area contributed by atoms with Gasteiger partial charge in [0.25, 0.3) is 5.69 Å². The standard InChI is InChI=1S/C16H15F3N4O3S/c1-8-6-14(21-10(3)20-8)27-9(2)15(24)22-13-5-4-11(23(25)26)7-12(13)16(17,18)19/h4-7,9H,1-3H3,(H,22,24). The van der Waals surface area contributed by atoms with E-state index in [-0.39, 0.29) is 0 Å². The second-order valence-electron chi connectivity index (χ2n) is 5.63. The van der Waals surface area contributed by atoms with Crippen molar-refractivity contribution in [3.05, 3.63) is 51.5 Å². The lowest BCUT2D eigenvalue weighted by molar-refractivity contribution is -0.385. The van der Waals surface area contributed by atoms with Crippen LogP contribution in [0.1, 0.15) is 24.0 Å². The highest BCUT2D eigenvalue weighted by Gasteiger charge is 2.36. The maximum Gasteiger partial charge on any atom is 0.418 e. The maximum atomic E-state index is 13.2. The number of nitro benzene ring substituents is 1. The van der Waals surface area contributed by atoms with Gasteiger partial charge in [0, 0.05) is 17.8 Å². The number of aromatic nitrogens is 2. The average molecular weight is 400 g/mol. The molecule has 27 heavy (non-hydrogen) atoms. The fourth-order valence-electron chi connectivity index (χ4n) is 2.20. The quantitative estimate of drug-likeness (QED) is 0.351. The summed E-state index contributed by atoms with van der Waals surface area (Å²) < 4.78 is 39.5. The van der Waals surface area contributed by atoms with Crippen LogP contribution in [0.15, 0.2) is 29.3 Å². The van der Waals surface area contributed by atoms with Gasteiger partial charge >= 0.3 is 6.18 Å². The summed E-state index contributed by atoms with van der Waals surface area (Å²) in [6, 6.07) is 3.83. The topological polar surface area (TPSA) is 98.0 Å². The Bertz CT molecular complexity index is 869. The molecule has 1 amide bonds. The molecule has 144 valence electrons. The maximum absolute atomic E-state index is 13.2. The van der Waals surface area contributed by atoms with Crippen LogP contribution in [0.2, 0.25) is 0 Å². The van der Waals surface area contributed by atoms with E-state index in [1.54, 1.807) is 19.9 Å². The summed E-state index contributed by atoms with van der Waals surface area (Å²) in [6.07, 6.45) is -4.86. The smallest absolute Gasteiger partial charge is 0.325 e. The SMILES string of the molecule is Cc1cc(SC(C)C(=O)Nc2ccc([N+](=O)[O-])cc2C(F)(F)F)nc(C)n1. The van der Waals surface area contributed by atoms with E-state index in [1.165, 1.54) is 6.92 Å². The van der Waals surface area contributed by atoms with Crippen molar-refractivity contribution in [2.24, 2.45) is 0 Å². The molecule has 0 aliphatic carbocycles. The van der Waals surface area contributed by atoms with E-state index in [1.807, 2.05) is 0 Å². The lowest BCUT2D eigenvalue weighted by atomic mass is 10.1. The third-order valence-electron chi connectivity index (χ3n) is 3.39. The lowest BCUT2D eigenvalue weighted by Crippen LogP contribution is -2.24. The number of hydrogen-bond acceptors (Lipinski definition) is 6. The van der Waals surface area contributed by atoms with Crippen molar-refractivity contribution in [2.45, 2.75) is 37.2 Å². The molecule has 1 atom stereocenters. The monoisotopic (exact) mass is 400 g/mol. The number of non-ortho nitro benzene ring substituents is 1. The number of anilines is 1. The van der Waals surface area contributed by atoms with Gasteiger partial charge < -0.3 is 5.32 Å². The van der Waals surface area contributed by atoms with Crippen LogP contribution in [-0.2, 0) is 11.0 Å². The van der Waals surface area contributed by atoms with Crippen LogP contribution in [0.25, 0.3) is 0 Å². The first kappa shape index (κ1) is 20.6. The van der Waals surface area contributed by atoms with Gasteiger partial charge in [-0.1, -0.05) is 11.8 Å². The number of alkyl halides is 3. The minimum Gasteiger partial charge on any atom is -0.325 e. The van der Waals surface area contributed by atoms with Gasteiger partial charge in [0.05, 0.1) is 21.4 Å². The number of carbonyl (C=O) groups excluding carboxylic acids is 1. The molecular weight excluding hydrogens is 385 g/mol. The zero-order valence-electron chi connectivity index (χ0n) is 14.5. The molecule has 0 radical (unpaired) electrons. The Kier molecular flexibility index (Phi) is 6.04. The van der Waals surface area contributed by atoms with Crippen molar-refractivity contribution in [3.8, 4) is 0 Å². The predicted octanol–water partition coefficient (Wildman–Crippen LogP) is 4.14. The third-order valence-corrected chi connectivity index (χ3v) is 4.40. The molecule has 2 rings (SSSR count). The van der Waals surface area contributed by atoms with Crippen LogP contribution in [0, 0.1) is 24.0 Å². The zero-order valence-corrected chi connectivity index (χ0v) is 15.3. The van der Waals surface area contributed by atoms with Gasteiger partial charge in [-0.05, 0) is 32.9 Å². The average Bonchev–Trinajstić information content (AvgIpc) is 2.52. The summed E-state index contributed by atoms with van der Waals surface area (Å²) in [5.74, 6) is -0.173. The lowest BCUT2D eigenvalue weighted by Gasteiger charge is -2.16. The Labute approximate surface area is 156 Å². The van der Waals surface area contributed by atoms with E-state index in [9.17, 15) is 28.1 Å². The summed E-state index contributed by atoms with van der Waals surface area (Å²) in [4.78, 5) is 30.4. The summed E-state index contributed by atoms with van der Waals surface area (Å²) in [6.45, 7) is 4.97. The number of nitrogens with zero attached hydrogens (tertiary/aromatic N) is 3. The Morgan fingerprint density at radius 2 is 1.93 bits per heavy atom. The highest BCUT2D eigenvalue weighted by Crippen LogP contribution is 2.37. The largest absolute Gasteiger partial charge is 0.418 e. The molecule has 1 heterocycles. The van der Waals surface area contributed by atoms with Crippen LogP contribution in [-0.4, -0.2) is 26.0 Å². The third kappa shape index (κ3) is 5.39. The predicted molar refractivity (Wildman–Crippen MR) is 93.6 cm³/mol. The van der Waals surface area contributed by atoms with E-state index >= 15 is 0 Å². The van der Waals surface area contributed by atoms with E-state index in [0.29, 0.717) is 22.6 Å². The van der Waals surface area contributed by atoms with E-state index < -0.39 is 39.2 Å². The molecule has 7 nitrogen and oxygen atoms in total. The van der Waals surface area contributed by atoms with Crippen LogP contribution >= 0.6 is 11.8 Å². The van der Waals surface area contributed by atoms with Gasteiger partial charge in [0.2, 0.25) is 5.91 Å². The molecule has 0 saturated heterocycles. The molecule has 1 N–H and O–H groups in total. The minimum atomic E-state index is -4.86. The second kappa shape index (κ2) is 7.91. The van der Waals surface area contributed by atoms with Crippen LogP contribution in [0.3, 0.4) is 0 Å². The van der Waals surface area contributed by atoms with Crippen molar-refractivity contribution in [3.63, 3.8) is 0 Å². The molecule has 0 fully saturated rings. The normalized spacial score (nSPS) is 12.5. The van der Waals surface area contributed by atoms with Crippen molar-refractivity contribution in [2.75, 3.05) is 5.32 Å². The van der Waals surface area contributed by atoms with Crippen LogP contribution in [0.5, 0.6) is 0 Å². The van der Waals surface area contributed by atoms with Gasteiger partial charge in [-0.15, -0.1) is 0 Å². The first-order valence-electron chi connectivity index (χ1n) is 7.63. The number of benzene rings is 1. The van der Waals surface area contributed by atoms with Gasteiger partial charge in [0.1, 0.15) is 10.9 Å². The number of nitrogens with one attached hydrogen (secondary N) is 1. The number of nitro groups is 1. The first-order chi connectivity index (χ1) is 12.5. The minimum absolute atomic E-state index is 0.393. The molecule has 2 aromatic rings. The number of hydrogen-bond donors (Lipinski definition) is 1. The number of carbonyl (C=O) groups is 1. The zero-order chi connectivity index (χ0) is 20.4. The Morgan fingerprint density at radius 1 is 1.26 bits per heavy atom. The molecule has 1 aromatic heterocycles. The fourth-order valence-corrected chi connectivity index (χ4v) is 3.15. The summed E-state index contributed by atoms with van der Waals surface area (Å²) >= 11 is 1.07. The summed E-state index contributed by atoms with van der Waals surface area (Å²) in [7, 11) is 0. The summed E-state index contributed by atoms with van der Waals surface area (Å²) in [5, 5.41) is 12.7. The Morgan fingerprint density at radius 3 is 2.48 bits per heavy atom. The fraction of sp³-hybridized carbons (Fsp3) is 0.312. The van der Waals surface area contributed by atoms with Crippen molar-refractivity contribution < 1.29 is 22.9 Å². The van der Waals surface area contributed by atoms with Gasteiger partial charge in [0.15, 0.2) is 0 Å². The van der Waals surface area contributed by atoms with E-state index in [2.05, 4.69) is 15.3 Å². The number of halogens is 3. The molecule has 1 unspecified atom stereocenters. The summed E-state index contributed by atoms with van der Waals surface area (Å²) in [5.41, 5.74) is -1.83. The number of amides is 1. The molecule has 0 spiro atoms. The highest BCUT2D eigenvalue weighted by atomic mass is 32.2. The van der Waals surface area contributed by atoms with Crippen molar-refractivity contribution >= 4 is 29.0 Å². The van der Waals surface area contributed by atoms with Crippen LogP contribution in [0.4, 0.5) is 24.5 Å². The number of rotatable bonds is 5. The first-order valence-corrected chi connectivity index (χ1v) is 8.51. The van der Waals surface area contributed by atoms with E-state index in [4.69, 9.17) is 0 Å². The van der Waals surface area contributed by atoms with Crippen molar-refractivity contribution in [1.29, 1.82) is 0 Å². The molecule has 0 aliphatic rings. The van der Waals surface area contributed by atoms with Gasteiger partial charge in [-0.2, -0.15) is 13.2 Å². The second-order valence-corrected chi connectivity index (χ2v) is 6.99.